The lowest BCUT2D eigenvalue weighted by Gasteiger charge is -2.26. The second-order valence-corrected chi connectivity index (χ2v) is 5.54. The third-order valence-corrected chi connectivity index (χ3v) is 3.88. The topological polar surface area (TPSA) is 57.6 Å². The number of hydrogen-bond donors (Lipinski definition) is 1. The molecule has 0 saturated carbocycles. The average molecular weight is 295 g/mol. The van der Waals surface area contributed by atoms with Crippen molar-refractivity contribution in [2.24, 2.45) is 0 Å². The minimum Gasteiger partial charge on any atom is -0.478 e. The number of nitrogens with zero attached hydrogens (tertiary/aromatic N) is 1. The lowest BCUT2D eigenvalue weighted by atomic mass is 10.1. The molecule has 1 amide bonds. The Bertz CT molecular complexity index is 553. The predicted octanol–water partition coefficient (Wildman–Crippen LogP) is 2.11. The molecule has 0 unspecified atom stereocenters. The second kappa shape index (κ2) is 6.56. The SMILES string of the molecule is O=C(O)C=Cc1ccc(C(=O)N2CCSCC2)c(F)c1. The van der Waals surface area contributed by atoms with E-state index in [1.807, 2.05) is 0 Å². The molecule has 1 N–H and O–H groups in total. The molecule has 0 bridgehead atoms. The van der Waals surface area contributed by atoms with Gasteiger partial charge in [0.15, 0.2) is 0 Å². The number of thioether (sulfide) groups is 1. The van der Waals surface area contributed by atoms with Crippen LogP contribution < -0.4 is 0 Å². The molecule has 1 fully saturated rings. The molecule has 0 spiro atoms. The molecule has 1 heterocycles. The van der Waals surface area contributed by atoms with Crippen molar-refractivity contribution in [2.45, 2.75) is 0 Å². The van der Waals surface area contributed by atoms with E-state index in [9.17, 15) is 14.0 Å². The molecular formula is C14H14FNO3S. The number of halogens is 1. The summed E-state index contributed by atoms with van der Waals surface area (Å²) in [6.45, 7) is 1.26. The highest BCUT2D eigenvalue weighted by molar-refractivity contribution is 7.99. The van der Waals surface area contributed by atoms with E-state index in [0.717, 1.165) is 17.6 Å². The van der Waals surface area contributed by atoms with Gasteiger partial charge < -0.3 is 10.0 Å². The molecular weight excluding hydrogens is 281 g/mol. The van der Waals surface area contributed by atoms with Gasteiger partial charge in [-0.15, -0.1) is 0 Å². The van der Waals surface area contributed by atoms with Crippen LogP contribution in [-0.2, 0) is 4.79 Å². The molecule has 0 aliphatic carbocycles. The summed E-state index contributed by atoms with van der Waals surface area (Å²) < 4.78 is 13.9. The molecule has 1 aromatic rings. The highest BCUT2D eigenvalue weighted by Gasteiger charge is 2.21. The van der Waals surface area contributed by atoms with Gasteiger partial charge in [0.05, 0.1) is 5.56 Å². The lowest BCUT2D eigenvalue weighted by Crippen LogP contribution is -2.38. The second-order valence-electron chi connectivity index (χ2n) is 4.32. The monoisotopic (exact) mass is 295 g/mol. The molecule has 1 saturated heterocycles. The number of aliphatic carboxylic acids is 1. The summed E-state index contributed by atoms with van der Waals surface area (Å²) in [5.74, 6) is -0.298. The predicted molar refractivity (Wildman–Crippen MR) is 76.3 cm³/mol. The van der Waals surface area contributed by atoms with Crippen molar-refractivity contribution >= 4 is 29.7 Å². The molecule has 6 heteroatoms. The van der Waals surface area contributed by atoms with Crippen LogP contribution in [0.3, 0.4) is 0 Å². The van der Waals surface area contributed by atoms with Gasteiger partial charge in [-0.05, 0) is 23.8 Å². The number of benzene rings is 1. The first-order valence-electron chi connectivity index (χ1n) is 6.15. The van der Waals surface area contributed by atoms with Gasteiger partial charge in [0.2, 0.25) is 0 Å². The van der Waals surface area contributed by atoms with E-state index >= 15 is 0 Å². The summed E-state index contributed by atoms with van der Waals surface area (Å²) in [6, 6.07) is 4.11. The molecule has 1 aliphatic heterocycles. The summed E-state index contributed by atoms with van der Waals surface area (Å²) in [5, 5.41) is 8.51. The Morgan fingerprint density at radius 2 is 2.00 bits per heavy atom. The number of carbonyl (C=O) groups excluding carboxylic acids is 1. The van der Waals surface area contributed by atoms with Crippen molar-refractivity contribution < 1.29 is 19.1 Å². The van der Waals surface area contributed by atoms with Crippen LogP contribution in [0.4, 0.5) is 4.39 Å². The molecule has 1 aromatic carbocycles. The number of hydrogen-bond acceptors (Lipinski definition) is 3. The van der Waals surface area contributed by atoms with E-state index in [1.54, 1.807) is 16.7 Å². The standard InChI is InChI=1S/C14H14FNO3S/c15-12-9-10(2-4-13(17)18)1-3-11(12)14(19)16-5-7-20-8-6-16/h1-4,9H,5-8H2,(H,17,18). The van der Waals surface area contributed by atoms with Crippen molar-refractivity contribution in [3.05, 3.63) is 41.2 Å². The van der Waals surface area contributed by atoms with Crippen LogP contribution in [0.5, 0.6) is 0 Å². The fraction of sp³-hybridized carbons (Fsp3) is 0.286. The van der Waals surface area contributed by atoms with Gasteiger partial charge in [-0.3, -0.25) is 4.79 Å². The third-order valence-electron chi connectivity index (χ3n) is 2.94. The van der Waals surface area contributed by atoms with Crippen molar-refractivity contribution in [2.75, 3.05) is 24.6 Å². The fourth-order valence-electron chi connectivity index (χ4n) is 1.91. The van der Waals surface area contributed by atoms with E-state index in [1.165, 1.54) is 24.3 Å². The summed E-state index contributed by atoms with van der Waals surface area (Å²) in [6.07, 6.45) is 2.22. The molecule has 0 radical (unpaired) electrons. The van der Waals surface area contributed by atoms with Gasteiger partial charge in [-0.25, -0.2) is 9.18 Å². The van der Waals surface area contributed by atoms with Crippen LogP contribution in [0, 0.1) is 5.82 Å². The van der Waals surface area contributed by atoms with Gasteiger partial charge in [0.25, 0.3) is 5.91 Å². The van der Waals surface area contributed by atoms with E-state index < -0.39 is 11.8 Å². The molecule has 4 nitrogen and oxygen atoms in total. The fourth-order valence-corrected chi connectivity index (χ4v) is 2.82. The first kappa shape index (κ1) is 14.6. The number of rotatable bonds is 3. The van der Waals surface area contributed by atoms with Gasteiger partial charge in [0, 0.05) is 30.7 Å². The van der Waals surface area contributed by atoms with E-state index in [4.69, 9.17) is 5.11 Å². The molecule has 106 valence electrons. The maximum atomic E-state index is 13.9. The summed E-state index contributed by atoms with van der Waals surface area (Å²) in [4.78, 5) is 24.2. The molecule has 20 heavy (non-hydrogen) atoms. The Kier molecular flexibility index (Phi) is 4.79. The lowest BCUT2D eigenvalue weighted by molar-refractivity contribution is -0.131. The maximum absolute atomic E-state index is 13.9. The highest BCUT2D eigenvalue weighted by atomic mass is 32.2. The van der Waals surface area contributed by atoms with Crippen molar-refractivity contribution in [3.8, 4) is 0 Å². The number of amides is 1. The maximum Gasteiger partial charge on any atom is 0.328 e. The molecule has 0 aromatic heterocycles. The van der Waals surface area contributed by atoms with Crippen molar-refractivity contribution in [1.29, 1.82) is 0 Å². The number of carboxylic acid groups (broad SMARTS) is 1. The van der Waals surface area contributed by atoms with Gasteiger partial charge in [-0.2, -0.15) is 11.8 Å². The van der Waals surface area contributed by atoms with Crippen molar-refractivity contribution in [1.82, 2.24) is 4.90 Å². The summed E-state index contributed by atoms with van der Waals surface area (Å²) >= 11 is 1.77. The van der Waals surface area contributed by atoms with Crippen LogP contribution in [0.1, 0.15) is 15.9 Å². The Morgan fingerprint density at radius 1 is 1.30 bits per heavy atom. The Labute approximate surface area is 120 Å². The number of carboxylic acids is 1. The third kappa shape index (κ3) is 3.60. The van der Waals surface area contributed by atoms with Crippen LogP contribution in [0.25, 0.3) is 6.08 Å². The van der Waals surface area contributed by atoms with Gasteiger partial charge in [-0.1, -0.05) is 6.07 Å². The van der Waals surface area contributed by atoms with Crippen LogP contribution in [0.2, 0.25) is 0 Å². The minimum absolute atomic E-state index is 0.0318. The van der Waals surface area contributed by atoms with E-state index in [2.05, 4.69) is 0 Å². The van der Waals surface area contributed by atoms with E-state index in [-0.39, 0.29) is 11.5 Å². The zero-order valence-electron chi connectivity index (χ0n) is 10.7. The Balaban J connectivity index is 2.16. The quantitative estimate of drug-likeness (QED) is 0.868. The first-order chi connectivity index (χ1) is 9.58. The van der Waals surface area contributed by atoms with E-state index in [0.29, 0.717) is 18.7 Å². The first-order valence-corrected chi connectivity index (χ1v) is 7.31. The smallest absolute Gasteiger partial charge is 0.328 e. The molecule has 2 rings (SSSR count). The number of carbonyl (C=O) groups is 2. The molecule has 0 atom stereocenters. The largest absolute Gasteiger partial charge is 0.478 e. The summed E-state index contributed by atoms with van der Waals surface area (Å²) in [7, 11) is 0. The Morgan fingerprint density at radius 3 is 2.60 bits per heavy atom. The van der Waals surface area contributed by atoms with Crippen LogP contribution >= 0.6 is 11.8 Å². The Hall–Kier alpha value is -1.82. The van der Waals surface area contributed by atoms with Gasteiger partial charge in [0.1, 0.15) is 5.82 Å². The zero-order chi connectivity index (χ0) is 14.5. The van der Waals surface area contributed by atoms with Crippen molar-refractivity contribution in [3.63, 3.8) is 0 Å². The van der Waals surface area contributed by atoms with Crippen LogP contribution in [0.15, 0.2) is 24.3 Å². The molecule has 1 aliphatic rings. The van der Waals surface area contributed by atoms with Crippen LogP contribution in [-0.4, -0.2) is 46.5 Å². The van der Waals surface area contributed by atoms with Gasteiger partial charge >= 0.3 is 5.97 Å². The highest BCUT2D eigenvalue weighted by Crippen LogP contribution is 2.17. The minimum atomic E-state index is -1.10. The normalized spacial score (nSPS) is 15.6. The summed E-state index contributed by atoms with van der Waals surface area (Å²) in [5.41, 5.74) is 0.444. The zero-order valence-corrected chi connectivity index (χ0v) is 11.5. The average Bonchev–Trinajstić information content (AvgIpc) is 2.45.